The monoisotopic (exact) mass is 436 g/mol. The van der Waals surface area contributed by atoms with Gasteiger partial charge in [0.05, 0.1) is 6.21 Å². The number of anilines is 1. The van der Waals surface area contributed by atoms with Crippen LogP contribution in [0.15, 0.2) is 69.3 Å². The van der Waals surface area contributed by atoms with E-state index in [0.717, 1.165) is 15.7 Å². The molecule has 2 heterocycles. The standard InChI is InChI=1S/C22H21ClN6O2/c1-27-19-18(20(30)28(2)22(27)31)29(13-12-15-8-4-3-5-9-15)21(25-19)26-24-14-16-10-6-7-11-17(16)23/h3-11,14H,12-13H2,1-2H3,(H,25,26)/b24-14-. The van der Waals surface area contributed by atoms with Gasteiger partial charge in [-0.15, -0.1) is 0 Å². The first-order chi connectivity index (χ1) is 15.0. The maximum Gasteiger partial charge on any atom is 0.332 e. The molecule has 0 fully saturated rings. The molecule has 0 saturated carbocycles. The first-order valence-electron chi connectivity index (χ1n) is 9.71. The summed E-state index contributed by atoms with van der Waals surface area (Å²) in [7, 11) is 3.05. The Morgan fingerprint density at radius 3 is 2.48 bits per heavy atom. The Morgan fingerprint density at radius 1 is 1.03 bits per heavy atom. The number of benzene rings is 2. The maximum absolute atomic E-state index is 12.9. The number of fused-ring (bicyclic) bond motifs is 1. The molecule has 0 atom stereocenters. The highest BCUT2D eigenvalue weighted by Crippen LogP contribution is 2.17. The van der Waals surface area contributed by atoms with E-state index < -0.39 is 11.2 Å². The summed E-state index contributed by atoms with van der Waals surface area (Å²) in [5, 5.41) is 4.82. The lowest BCUT2D eigenvalue weighted by molar-refractivity contribution is 0.687. The molecule has 0 amide bonds. The molecule has 8 nitrogen and oxygen atoms in total. The summed E-state index contributed by atoms with van der Waals surface area (Å²) in [6, 6.07) is 17.3. The van der Waals surface area contributed by atoms with Crippen LogP contribution in [0.4, 0.5) is 5.95 Å². The molecular formula is C22H21ClN6O2. The zero-order valence-corrected chi connectivity index (χ0v) is 17.9. The number of hydrogen-bond donors (Lipinski definition) is 1. The smallest absolute Gasteiger partial charge is 0.303 e. The highest BCUT2D eigenvalue weighted by Gasteiger charge is 2.19. The fraction of sp³-hybridized carbons (Fsp3) is 0.182. The second-order valence-electron chi connectivity index (χ2n) is 7.09. The van der Waals surface area contributed by atoms with Crippen LogP contribution in [0.2, 0.25) is 5.02 Å². The van der Waals surface area contributed by atoms with E-state index in [1.807, 2.05) is 48.5 Å². The number of halogens is 1. The summed E-state index contributed by atoms with van der Waals surface area (Å²) in [5.41, 5.74) is 4.58. The number of nitrogens with zero attached hydrogens (tertiary/aromatic N) is 5. The number of hydrogen-bond acceptors (Lipinski definition) is 5. The van der Waals surface area contributed by atoms with E-state index in [2.05, 4.69) is 15.5 Å². The van der Waals surface area contributed by atoms with Crippen LogP contribution < -0.4 is 16.7 Å². The minimum Gasteiger partial charge on any atom is -0.303 e. The Morgan fingerprint density at radius 2 is 1.74 bits per heavy atom. The van der Waals surface area contributed by atoms with E-state index in [1.54, 1.807) is 23.9 Å². The Balaban J connectivity index is 1.76. The quantitative estimate of drug-likeness (QED) is 0.372. The van der Waals surface area contributed by atoms with Crippen molar-refractivity contribution in [2.45, 2.75) is 13.0 Å². The van der Waals surface area contributed by atoms with Gasteiger partial charge in [0.15, 0.2) is 11.2 Å². The molecule has 0 bridgehead atoms. The van der Waals surface area contributed by atoms with Crippen molar-refractivity contribution in [2.24, 2.45) is 19.2 Å². The number of imidazole rings is 1. The van der Waals surface area contributed by atoms with Crippen LogP contribution in [0, 0.1) is 0 Å². The Hall–Kier alpha value is -3.65. The molecule has 0 radical (unpaired) electrons. The highest BCUT2D eigenvalue weighted by atomic mass is 35.5. The number of nitrogens with one attached hydrogen (secondary N) is 1. The second-order valence-corrected chi connectivity index (χ2v) is 7.50. The molecule has 2 aromatic heterocycles. The predicted octanol–water partition coefficient (Wildman–Crippen LogP) is 2.78. The van der Waals surface area contributed by atoms with Gasteiger partial charge < -0.3 is 4.57 Å². The van der Waals surface area contributed by atoms with Crippen LogP contribution in [-0.4, -0.2) is 24.9 Å². The van der Waals surface area contributed by atoms with Crippen LogP contribution in [0.25, 0.3) is 11.2 Å². The highest BCUT2D eigenvalue weighted by molar-refractivity contribution is 6.33. The Kier molecular flexibility index (Phi) is 5.73. The van der Waals surface area contributed by atoms with E-state index in [1.165, 1.54) is 11.6 Å². The first-order valence-corrected chi connectivity index (χ1v) is 10.1. The zero-order chi connectivity index (χ0) is 22.0. The molecule has 1 N–H and O–H groups in total. The van der Waals surface area contributed by atoms with Gasteiger partial charge in [-0.05, 0) is 18.1 Å². The number of hydrazone groups is 1. The van der Waals surface area contributed by atoms with Crippen molar-refractivity contribution in [1.29, 1.82) is 0 Å². The molecule has 0 saturated heterocycles. The van der Waals surface area contributed by atoms with Gasteiger partial charge in [-0.3, -0.25) is 13.9 Å². The average molecular weight is 437 g/mol. The molecule has 0 aliphatic heterocycles. The molecule has 0 unspecified atom stereocenters. The topological polar surface area (TPSA) is 86.2 Å². The minimum absolute atomic E-state index is 0.302. The molecule has 0 spiro atoms. The van der Waals surface area contributed by atoms with Gasteiger partial charge in [0.2, 0.25) is 5.95 Å². The van der Waals surface area contributed by atoms with E-state index in [9.17, 15) is 9.59 Å². The molecule has 4 aromatic rings. The van der Waals surface area contributed by atoms with Crippen molar-refractivity contribution in [3.63, 3.8) is 0 Å². The fourth-order valence-electron chi connectivity index (χ4n) is 3.37. The van der Waals surface area contributed by atoms with Crippen molar-refractivity contribution in [3.8, 4) is 0 Å². The lowest BCUT2D eigenvalue weighted by Gasteiger charge is -2.09. The normalized spacial score (nSPS) is 11.5. The minimum atomic E-state index is -0.434. The van der Waals surface area contributed by atoms with Gasteiger partial charge in [-0.1, -0.05) is 60.1 Å². The van der Waals surface area contributed by atoms with Crippen LogP contribution in [0.1, 0.15) is 11.1 Å². The molecule has 2 aromatic carbocycles. The van der Waals surface area contributed by atoms with Gasteiger partial charge in [0, 0.05) is 31.2 Å². The third-order valence-corrected chi connectivity index (χ3v) is 5.43. The van der Waals surface area contributed by atoms with E-state index in [-0.39, 0.29) is 0 Å². The molecule has 31 heavy (non-hydrogen) atoms. The van der Waals surface area contributed by atoms with Crippen LogP contribution >= 0.6 is 11.6 Å². The number of rotatable bonds is 6. The summed E-state index contributed by atoms with van der Waals surface area (Å²) in [6.07, 6.45) is 2.27. The molecule has 158 valence electrons. The third kappa shape index (κ3) is 4.02. The van der Waals surface area contributed by atoms with Crippen molar-refractivity contribution < 1.29 is 0 Å². The van der Waals surface area contributed by atoms with Gasteiger partial charge >= 0.3 is 5.69 Å². The Bertz CT molecular complexity index is 1390. The second kappa shape index (κ2) is 8.61. The summed E-state index contributed by atoms with van der Waals surface area (Å²) >= 11 is 6.17. The SMILES string of the molecule is Cn1c(=O)c2c(nc(N/N=C\c3ccccc3Cl)n2CCc2ccccc2)n(C)c1=O. The maximum atomic E-state index is 12.9. The fourth-order valence-corrected chi connectivity index (χ4v) is 3.56. The van der Waals surface area contributed by atoms with Gasteiger partial charge in [0.1, 0.15) is 0 Å². The van der Waals surface area contributed by atoms with E-state index in [0.29, 0.717) is 35.1 Å². The van der Waals surface area contributed by atoms with Gasteiger partial charge in [-0.25, -0.2) is 10.2 Å². The van der Waals surface area contributed by atoms with Crippen LogP contribution in [-0.2, 0) is 27.1 Å². The van der Waals surface area contributed by atoms with Crippen LogP contribution in [0.5, 0.6) is 0 Å². The molecule has 0 aliphatic carbocycles. The van der Waals surface area contributed by atoms with Crippen molar-refractivity contribution in [1.82, 2.24) is 18.7 Å². The lowest BCUT2D eigenvalue weighted by atomic mass is 10.1. The van der Waals surface area contributed by atoms with Gasteiger partial charge in [-0.2, -0.15) is 10.1 Å². The van der Waals surface area contributed by atoms with Crippen molar-refractivity contribution in [2.75, 3.05) is 5.43 Å². The van der Waals surface area contributed by atoms with Gasteiger partial charge in [0.25, 0.3) is 5.56 Å². The summed E-state index contributed by atoms with van der Waals surface area (Å²) in [5.74, 6) is 0.368. The lowest BCUT2D eigenvalue weighted by Crippen LogP contribution is -2.37. The molecule has 9 heteroatoms. The summed E-state index contributed by atoms with van der Waals surface area (Å²) in [6.45, 7) is 0.484. The predicted molar refractivity (Wildman–Crippen MR) is 123 cm³/mol. The third-order valence-electron chi connectivity index (χ3n) is 5.09. The number of aromatic nitrogens is 4. The van der Waals surface area contributed by atoms with Crippen molar-refractivity contribution in [3.05, 3.63) is 91.6 Å². The summed E-state index contributed by atoms with van der Waals surface area (Å²) in [4.78, 5) is 29.7. The molecule has 0 aliphatic rings. The largest absolute Gasteiger partial charge is 0.332 e. The van der Waals surface area contributed by atoms with E-state index in [4.69, 9.17) is 11.6 Å². The molecular weight excluding hydrogens is 416 g/mol. The Labute approximate surface area is 183 Å². The summed E-state index contributed by atoms with van der Waals surface area (Å²) < 4.78 is 4.20. The average Bonchev–Trinajstić information content (AvgIpc) is 3.15. The van der Waals surface area contributed by atoms with Crippen LogP contribution in [0.3, 0.4) is 0 Å². The first kappa shape index (κ1) is 20.6. The van der Waals surface area contributed by atoms with Crippen molar-refractivity contribution >= 4 is 34.9 Å². The van der Waals surface area contributed by atoms with E-state index >= 15 is 0 Å². The molecule has 4 rings (SSSR count). The number of aryl methyl sites for hydroxylation is 3. The zero-order valence-electron chi connectivity index (χ0n) is 17.1.